The molecule has 2 rings (SSSR count). The number of ether oxygens (including phenoxy) is 1. The van der Waals surface area contributed by atoms with Crippen molar-refractivity contribution < 1.29 is 9.53 Å². The number of carbonyl (C=O) groups excluding carboxylic acids is 1. The third-order valence-electron chi connectivity index (χ3n) is 2.70. The van der Waals surface area contributed by atoms with Crippen LogP contribution in [0.15, 0.2) is 35.2 Å². The van der Waals surface area contributed by atoms with Crippen molar-refractivity contribution in [1.82, 2.24) is 9.55 Å². The number of benzene rings is 1. The van der Waals surface area contributed by atoms with E-state index in [1.54, 1.807) is 31.2 Å². The first-order valence-corrected chi connectivity index (χ1v) is 6.23. The van der Waals surface area contributed by atoms with E-state index in [2.05, 4.69) is 20.9 Å². The summed E-state index contributed by atoms with van der Waals surface area (Å²) < 4.78 is 7.90. The van der Waals surface area contributed by atoms with Gasteiger partial charge in [0, 0.05) is 23.5 Å². The van der Waals surface area contributed by atoms with E-state index < -0.39 is 0 Å². The third kappa shape index (κ3) is 2.61. The van der Waals surface area contributed by atoms with Gasteiger partial charge in [0.2, 0.25) is 0 Å². The normalized spacial score (nSPS) is 10.4. The van der Waals surface area contributed by atoms with Gasteiger partial charge in [-0.05, 0) is 18.2 Å². The number of Topliss-reactive ketones (excluding diaryl/α,β-unsaturated/α-hetero) is 1. The van der Waals surface area contributed by atoms with Gasteiger partial charge in [-0.2, -0.15) is 0 Å². The van der Waals surface area contributed by atoms with Crippen LogP contribution in [0, 0.1) is 0 Å². The number of halogens is 1. The highest BCUT2D eigenvalue weighted by Gasteiger charge is 2.14. The molecule has 0 unspecified atom stereocenters. The molecule has 0 spiro atoms. The van der Waals surface area contributed by atoms with Crippen LogP contribution < -0.4 is 4.74 Å². The molecule has 1 heterocycles. The van der Waals surface area contributed by atoms with Gasteiger partial charge in [-0.1, -0.05) is 15.9 Å². The molecule has 2 aromatic rings. The average molecular weight is 309 g/mol. The molecule has 0 atom stereocenters. The van der Waals surface area contributed by atoms with Crippen molar-refractivity contribution in [1.29, 1.82) is 0 Å². The standard InChI is InChI=1S/C13H13BrN2O2/c1-16-8-15-7-11(16)12(17)6-9-5-10(14)3-4-13(9)18-2/h3-5,7-8H,6H2,1-2H3. The lowest BCUT2D eigenvalue weighted by molar-refractivity contribution is 0.0984. The summed E-state index contributed by atoms with van der Waals surface area (Å²) in [7, 11) is 3.40. The summed E-state index contributed by atoms with van der Waals surface area (Å²) >= 11 is 3.39. The predicted octanol–water partition coefficient (Wildman–Crippen LogP) is 2.62. The van der Waals surface area contributed by atoms with Crippen LogP contribution in [0.25, 0.3) is 0 Å². The number of carbonyl (C=O) groups is 1. The Bertz CT molecular complexity index is 578. The highest BCUT2D eigenvalue weighted by atomic mass is 79.9. The van der Waals surface area contributed by atoms with Gasteiger partial charge in [0.05, 0.1) is 19.6 Å². The van der Waals surface area contributed by atoms with E-state index in [1.165, 1.54) is 0 Å². The van der Waals surface area contributed by atoms with Gasteiger partial charge in [-0.15, -0.1) is 0 Å². The lowest BCUT2D eigenvalue weighted by Gasteiger charge is -2.08. The highest BCUT2D eigenvalue weighted by Crippen LogP contribution is 2.24. The average Bonchev–Trinajstić information content (AvgIpc) is 2.76. The van der Waals surface area contributed by atoms with E-state index in [1.807, 2.05) is 18.2 Å². The van der Waals surface area contributed by atoms with Crippen LogP contribution >= 0.6 is 15.9 Å². The minimum Gasteiger partial charge on any atom is -0.496 e. The Hall–Kier alpha value is -1.62. The molecule has 0 aliphatic carbocycles. The first-order valence-electron chi connectivity index (χ1n) is 5.43. The van der Waals surface area contributed by atoms with Crippen molar-refractivity contribution in [3.05, 3.63) is 46.5 Å². The van der Waals surface area contributed by atoms with Crippen molar-refractivity contribution in [2.75, 3.05) is 7.11 Å². The zero-order valence-corrected chi connectivity index (χ0v) is 11.8. The number of rotatable bonds is 4. The van der Waals surface area contributed by atoms with E-state index in [0.29, 0.717) is 17.9 Å². The van der Waals surface area contributed by atoms with E-state index in [4.69, 9.17) is 4.74 Å². The second-order valence-corrected chi connectivity index (χ2v) is 4.86. The minimum absolute atomic E-state index is 0.0198. The van der Waals surface area contributed by atoms with Crippen molar-refractivity contribution in [3.8, 4) is 5.75 Å². The van der Waals surface area contributed by atoms with Gasteiger partial charge in [0.25, 0.3) is 0 Å². The van der Waals surface area contributed by atoms with Crippen LogP contribution in [0.2, 0.25) is 0 Å². The largest absolute Gasteiger partial charge is 0.496 e. The maximum absolute atomic E-state index is 12.1. The molecule has 1 aromatic heterocycles. The molecule has 0 N–H and O–H groups in total. The fourth-order valence-electron chi connectivity index (χ4n) is 1.77. The molecule has 0 amide bonds. The first-order chi connectivity index (χ1) is 8.61. The lowest BCUT2D eigenvalue weighted by atomic mass is 10.1. The maximum atomic E-state index is 12.1. The molecule has 0 fully saturated rings. The number of hydrogen-bond donors (Lipinski definition) is 0. The van der Waals surface area contributed by atoms with Gasteiger partial charge in [0.15, 0.2) is 5.78 Å². The Kier molecular flexibility index (Phi) is 3.81. The fraction of sp³-hybridized carbons (Fsp3) is 0.231. The first kappa shape index (κ1) is 12.8. The number of hydrogen-bond acceptors (Lipinski definition) is 3. The van der Waals surface area contributed by atoms with Crippen LogP contribution in [0.4, 0.5) is 0 Å². The second-order valence-electron chi connectivity index (χ2n) is 3.95. The fourth-order valence-corrected chi connectivity index (χ4v) is 2.18. The topological polar surface area (TPSA) is 44.1 Å². The summed E-state index contributed by atoms with van der Waals surface area (Å²) in [5, 5.41) is 0. The summed E-state index contributed by atoms with van der Waals surface area (Å²) in [5.74, 6) is 0.736. The van der Waals surface area contributed by atoms with Crippen molar-refractivity contribution >= 4 is 21.7 Å². The molecule has 0 bridgehead atoms. The maximum Gasteiger partial charge on any atom is 0.185 e. The zero-order valence-electron chi connectivity index (χ0n) is 10.2. The van der Waals surface area contributed by atoms with Gasteiger partial charge >= 0.3 is 0 Å². The van der Waals surface area contributed by atoms with Crippen molar-refractivity contribution in [3.63, 3.8) is 0 Å². The van der Waals surface area contributed by atoms with Gasteiger partial charge in [-0.25, -0.2) is 4.98 Å². The number of methoxy groups -OCH3 is 1. The second kappa shape index (κ2) is 5.35. The Morgan fingerprint density at radius 2 is 2.28 bits per heavy atom. The molecule has 0 saturated heterocycles. The van der Waals surface area contributed by atoms with E-state index in [-0.39, 0.29) is 5.78 Å². The van der Waals surface area contributed by atoms with Crippen LogP contribution in [0.5, 0.6) is 5.75 Å². The summed E-state index contributed by atoms with van der Waals surface area (Å²) in [6, 6.07) is 5.62. The van der Waals surface area contributed by atoms with Crippen LogP contribution in [-0.4, -0.2) is 22.4 Å². The molecular weight excluding hydrogens is 296 g/mol. The molecule has 94 valence electrons. The SMILES string of the molecule is COc1ccc(Br)cc1CC(=O)c1cncn1C. The third-order valence-corrected chi connectivity index (χ3v) is 3.19. The molecular formula is C13H13BrN2O2. The summed E-state index contributed by atoms with van der Waals surface area (Å²) in [6.45, 7) is 0. The Labute approximate surface area is 114 Å². The Balaban J connectivity index is 2.27. The summed E-state index contributed by atoms with van der Waals surface area (Å²) in [4.78, 5) is 16.1. The van der Waals surface area contributed by atoms with Crippen LogP contribution in [-0.2, 0) is 13.5 Å². The number of imidazole rings is 1. The minimum atomic E-state index is 0.0198. The van der Waals surface area contributed by atoms with Crippen molar-refractivity contribution in [2.45, 2.75) is 6.42 Å². The number of aromatic nitrogens is 2. The monoisotopic (exact) mass is 308 g/mol. The molecule has 0 saturated carbocycles. The summed E-state index contributed by atoms with van der Waals surface area (Å²) in [6.07, 6.45) is 3.49. The Morgan fingerprint density at radius 1 is 1.50 bits per heavy atom. The molecule has 4 nitrogen and oxygen atoms in total. The van der Waals surface area contributed by atoms with E-state index >= 15 is 0 Å². The van der Waals surface area contributed by atoms with Gasteiger partial charge in [0.1, 0.15) is 11.4 Å². The van der Waals surface area contributed by atoms with Gasteiger partial charge in [-0.3, -0.25) is 4.79 Å². The molecule has 5 heteroatoms. The quantitative estimate of drug-likeness (QED) is 0.816. The van der Waals surface area contributed by atoms with Gasteiger partial charge < -0.3 is 9.30 Å². The molecule has 0 radical (unpaired) electrons. The molecule has 1 aromatic carbocycles. The number of aryl methyl sites for hydroxylation is 1. The number of ketones is 1. The van der Waals surface area contributed by atoms with E-state index in [9.17, 15) is 4.79 Å². The van der Waals surface area contributed by atoms with E-state index in [0.717, 1.165) is 10.0 Å². The molecule has 18 heavy (non-hydrogen) atoms. The predicted molar refractivity (Wildman–Crippen MR) is 71.9 cm³/mol. The zero-order chi connectivity index (χ0) is 13.1. The highest BCUT2D eigenvalue weighted by molar-refractivity contribution is 9.10. The smallest absolute Gasteiger partial charge is 0.185 e. The van der Waals surface area contributed by atoms with Crippen LogP contribution in [0.3, 0.4) is 0 Å². The molecule has 0 aliphatic heterocycles. The Morgan fingerprint density at radius 3 is 2.89 bits per heavy atom. The summed E-state index contributed by atoms with van der Waals surface area (Å²) in [5.41, 5.74) is 1.45. The number of nitrogens with zero attached hydrogens (tertiary/aromatic N) is 2. The molecule has 0 aliphatic rings. The lowest BCUT2D eigenvalue weighted by Crippen LogP contribution is -2.09. The van der Waals surface area contributed by atoms with Crippen LogP contribution in [0.1, 0.15) is 16.1 Å². The van der Waals surface area contributed by atoms with Crippen molar-refractivity contribution in [2.24, 2.45) is 7.05 Å².